The molecule has 2 aliphatic heterocycles. The van der Waals surface area contributed by atoms with Gasteiger partial charge in [-0.2, -0.15) is 0 Å². The van der Waals surface area contributed by atoms with E-state index in [2.05, 4.69) is 25.9 Å². The topological polar surface area (TPSA) is 766 Å². The van der Waals surface area contributed by atoms with Crippen LogP contribution in [0.4, 0.5) is 0 Å². The summed E-state index contributed by atoms with van der Waals surface area (Å²) in [4.78, 5) is 61.4. The molecule has 0 spiro atoms. The molecule has 0 aromatic rings. The van der Waals surface area contributed by atoms with E-state index in [-0.39, 0.29) is 60.9 Å². The summed E-state index contributed by atoms with van der Waals surface area (Å²) in [5, 5.41) is 0. The van der Waals surface area contributed by atoms with Gasteiger partial charge in [0.1, 0.15) is 0 Å². The van der Waals surface area contributed by atoms with E-state index in [1.165, 1.54) is 0 Å². The van der Waals surface area contributed by atoms with Crippen molar-refractivity contribution in [1.82, 2.24) is 0 Å². The van der Waals surface area contributed by atoms with Crippen LogP contribution in [0.5, 0.6) is 0 Å². The SMILES string of the molecule is NCCCN.NCCCN.NCCCN.NCCCN.NCCCN.NCCCN.O.O.O.O.O.O=P1([O-])OP(=O)([O-])OP(=O)([O-])O1.O=P1([O-])OP(=O)([O-])OP(=O)([O-])O1.[Co+3].[Co+3]. The Hall–Kier alpha value is 1.23. The van der Waals surface area contributed by atoms with Gasteiger partial charge in [-0.3, -0.25) is 27.4 Å². The molecule has 0 unspecified atom stereocenters. The average molecular weight is 1130 g/mol. The Morgan fingerprint density at radius 2 is 0.311 bits per heavy atom. The van der Waals surface area contributed by atoms with Crippen LogP contribution in [0, 0.1) is 0 Å². The second kappa shape index (κ2) is 59.2. The van der Waals surface area contributed by atoms with E-state index >= 15 is 0 Å². The number of hydrogen-bond donors (Lipinski definition) is 12. The van der Waals surface area contributed by atoms with Crippen molar-refractivity contribution >= 4 is 46.9 Å². The largest absolute Gasteiger partial charge is 3.00 e. The minimum atomic E-state index is -5.36. The van der Waals surface area contributed by atoms with Crippen molar-refractivity contribution < 1.29 is 144 Å². The van der Waals surface area contributed by atoms with Gasteiger partial charge in [0.25, 0.3) is 46.9 Å². The maximum atomic E-state index is 10.2. The molecule has 388 valence electrons. The summed E-state index contributed by atoms with van der Waals surface area (Å²) in [5.74, 6) is 0. The van der Waals surface area contributed by atoms with Crippen molar-refractivity contribution in [1.29, 1.82) is 0 Å². The Bertz CT molecular complexity index is 895. The van der Waals surface area contributed by atoms with Crippen molar-refractivity contribution in [2.24, 2.45) is 68.8 Å². The molecule has 0 aromatic heterocycles. The molecule has 2 aliphatic rings. The molecule has 0 amide bonds. The smallest absolute Gasteiger partial charge is 0.756 e. The molecule has 2 saturated heterocycles. The van der Waals surface area contributed by atoms with E-state index in [0.29, 0.717) is 0 Å². The van der Waals surface area contributed by atoms with Gasteiger partial charge < -0.3 is 126 Å². The Kier molecular flexibility index (Phi) is 93.5. The predicted octanol–water partition coefficient (Wildman–Crippen LogP) is -11.5. The van der Waals surface area contributed by atoms with Crippen LogP contribution in [0.2, 0.25) is 0 Å². The fourth-order valence-electron chi connectivity index (χ4n) is 1.53. The fraction of sp³-hybridized carbons (Fsp3) is 1.00. The molecule has 0 bridgehead atoms. The van der Waals surface area contributed by atoms with Crippen LogP contribution in [0.15, 0.2) is 0 Å². The first kappa shape index (κ1) is 96.3. The standard InChI is InChI=1S/6C3H10N2.2Co.2H3O9P3.5H2O/c6*4-2-1-3-5;;;2*1-10(2)7-11(3,4)9-12(5,6)8-10;;;;;/h6*1-5H2;;;2*(H,1,2)(H,3,4)(H,5,6);5*1H2/q;;;;;;2*+3;;;;;;;/p-6. The number of phosphoric acid groups is 6. The summed E-state index contributed by atoms with van der Waals surface area (Å²) in [6.45, 7) is 8.62. The third-order valence-corrected chi connectivity index (χ3v) is 13.2. The molecule has 2 fully saturated rings. The van der Waals surface area contributed by atoms with Crippen LogP contribution in [-0.2, 0) is 86.8 Å². The van der Waals surface area contributed by atoms with Crippen LogP contribution in [0.3, 0.4) is 0 Å². The van der Waals surface area contributed by atoms with Crippen LogP contribution in [-0.4, -0.2) is 106 Å². The molecule has 2 heterocycles. The molecule has 0 aliphatic carbocycles. The van der Waals surface area contributed by atoms with E-state index in [9.17, 15) is 56.8 Å². The van der Waals surface area contributed by atoms with Gasteiger partial charge in [0.15, 0.2) is 0 Å². The van der Waals surface area contributed by atoms with Crippen molar-refractivity contribution in [3.05, 3.63) is 0 Å². The number of rotatable bonds is 12. The van der Waals surface area contributed by atoms with Gasteiger partial charge in [-0.1, -0.05) is 0 Å². The van der Waals surface area contributed by atoms with Gasteiger partial charge in [-0.25, -0.2) is 25.9 Å². The van der Waals surface area contributed by atoms with E-state index in [1.54, 1.807) is 0 Å². The van der Waals surface area contributed by atoms with Crippen molar-refractivity contribution in [3.63, 3.8) is 0 Å². The Labute approximate surface area is 375 Å². The molecule has 0 atom stereocenters. The van der Waals surface area contributed by atoms with Gasteiger partial charge in [0.05, 0.1) is 0 Å². The zero-order valence-corrected chi connectivity index (χ0v) is 40.3. The van der Waals surface area contributed by atoms with E-state index in [0.717, 1.165) is 117 Å². The second-order valence-corrected chi connectivity index (χ2v) is 18.0. The minimum Gasteiger partial charge on any atom is -0.756 e. The summed E-state index contributed by atoms with van der Waals surface area (Å²) in [6, 6.07) is 0. The molecule has 35 nitrogen and oxygen atoms in total. The maximum absolute atomic E-state index is 10.2. The van der Waals surface area contributed by atoms with Crippen LogP contribution in [0.1, 0.15) is 38.5 Å². The first-order valence-electron chi connectivity index (χ1n) is 15.3. The third-order valence-electron chi connectivity index (χ3n) is 3.65. The van der Waals surface area contributed by atoms with Crippen LogP contribution < -0.4 is 98.2 Å². The molecule has 2 rings (SSSR count). The van der Waals surface area contributed by atoms with Crippen molar-refractivity contribution in [2.75, 3.05) is 78.5 Å². The predicted molar refractivity (Wildman–Crippen MR) is 207 cm³/mol. The van der Waals surface area contributed by atoms with Gasteiger partial charge in [-0.05, 0) is 117 Å². The molecule has 0 saturated carbocycles. The summed E-state index contributed by atoms with van der Waals surface area (Å²) < 4.78 is 80.5. The van der Waals surface area contributed by atoms with Gasteiger partial charge >= 0.3 is 33.6 Å². The summed E-state index contributed by atoms with van der Waals surface area (Å²) >= 11 is 0. The Balaban J connectivity index is -0.0000000401. The zero-order chi connectivity index (χ0) is 44.0. The van der Waals surface area contributed by atoms with E-state index in [4.69, 9.17) is 68.8 Å². The molecular weight excluding hydrogens is 1060 g/mol. The summed E-state index contributed by atoms with van der Waals surface area (Å²) in [5.41, 5.74) is 60.7. The molecule has 0 aromatic carbocycles. The van der Waals surface area contributed by atoms with Crippen LogP contribution >= 0.6 is 46.9 Å². The average Bonchev–Trinajstić information content (AvgIpc) is 2.97. The van der Waals surface area contributed by atoms with E-state index < -0.39 is 46.9 Å². The maximum Gasteiger partial charge on any atom is 3.00 e. The molecular formula is C18H70Co2N12O23P6. The number of nitrogens with two attached hydrogens (primary N) is 12. The Morgan fingerprint density at radius 1 is 0.246 bits per heavy atom. The molecule has 61 heavy (non-hydrogen) atoms. The van der Waals surface area contributed by atoms with Crippen LogP contribution in [0.25, 0.3) is 0 Å². The monoisotopic (exact) mass is 1130 g/mol. The van der Waals surface area contributed by atoms with Crippen molar-refractivity contribution in [2.45, 2.75) is 38.5 Å². The number of hydrogen-bond acceptors (Lipinski definition) is 30. The minimum absolute atomic E-state index is 0. The van der Waals surface area contributed by atoms with Gasteiger partial charge in [0.2, 0.25) is 0 Å². The third kappa shape index (κ3) is 88.6. The first-order chi connectivity index (χ1) is 24.7. The zero-order valence-electron chi connectivity index (χ0n) is 32.9. The molecule has 43 heteroatoms. The summed E-state index contributed by atoms with van der Waals surface area (Å²) in [7, 11) is -32.1. The van der Waals surface area contributed by atoms with Gasteiger partial charge in [0, 0.05) is 0 Å². The summed E-state index contributed by atoms with van der Waals surface area (Å²) in [6.07, 6.45) is 5.67. The quantitative estimate of drug-likeness (QED) is 0.0808. The second-order valence-electron chi connectivity index (χ2n) is 8.76. The Morgan fingerprint density at radius 3 is 0.344 bits per heavy atom. The molecule has 0 radical (unpaired) electrons. The van der Waals surface area contributed by atoms with Crippen molar-refractivity contribution in [3.8, 4) is 0 Å². The first-order valence-corrected chi connectivity index (χ1v) is 24.0. The normalized spacial score (nSPS) is 25.9. The van der Waals surface area contributed by atoms with Gasteiger partial charge in [-0.15, -0.1) is 0 Å². The van der Waals surface area contributed by atoms with E-state index in [1.807, 2.05) is 0 Å². The fourth-order valence-corrected chi connectivity index (χ4v) is 9.74. The molecule has 34 N–H and O–H groups in total.